The molecule has 2 aliphatic heterocycles. The summed E-state index contributed by atoms with van der Waals surface area (Å²) >= 11 is 0. The molecule has 1 aromatic rings. The predicted molar refractivity (Wildman–Crippen MR) is 76.1 cm³/mol. The van der Waals surface area contributed by atoms with Crippen LogP contribution in [0.3, 0.4) is 0 Å². The first-order valence-electron chi connectivity index (χ1n) is 7.08. The number of hydrogen-bond donors (Lipinski definition) is 1. The lowest BCUT2D eigenvalue weighted by molar-refractivity contribution is -0.153. The third-order valence-electron chi connectivity index (χ3n) is 3.92. The molecule has 0 radical (unpaired) electrons. The fraction of sp³-hybridized carbons (Fsp3) is 0.467. The van der Waals surface area contributed by atoms with Crippen molar-refractivity contribution in [3.63, 3.8) is 0 Å². The number of methoxy groups -OCH3 is 1. The number of nitrogens with zero attached hydrogens (tertiary/aromatic N) is 1. The average Bonchev–Trinajstić information content (AvgIpc) is 3.02. The van der Waals surface area contributed by atoms with Crippen LogP contribution in [0.25, 0.3) is 0 Å². The quantitative estimate of drug-likeness (QED) is 0.824. The number of likely N-dealkylation sites (tertiary alicyclic amines) is 1. The number of anilines is 1. The van der Waals surface area contributed by atoms with Gasteiger partial charge in [0.1, 0.15) is 11.8 Å². The second kappa shape index (κ2) is 5.63. The molecular weight excluding hydrogens is 272 g/mol. The first-order valence-corrected chi connectivity index (χ1v) is 7.08. The smallest absolute Gasteiger partial charge is 0.328 e. The van der Waals surface area contributed by atoms with E-state index in [-0.39, 0.29) is 11.9 Å². The van der Waals surface area contributed by atoms with Gasteiger partial charge in [-0.3, -0.25) is 4.79 Å². The summed E-state index contributed by atoms with van der Waals surface area (Å²) in [6.45, 7) is 0.973. The summed E-state index contributed by atoms with van der Waals surface area (Å²) in [7, 11) is 1.35. The molecule has 2 atom stereocenters. The fourth-order valence-corrected chi connectivity index (χ4v) is 2.85. The number of para-hydroxylation sites is 2. The zero-order valence-corrected chi connectivity index (χ0v) is 11.9. The normalized spacial score (nSPS) is 23.8. The predicted octanol–water partition coefficient (Wildman–Crippen LogP) is 1.02. The number of benzene rings is 1. The molecular formula is C15H18N2O4. The average molecular weight is 290 g/mol. The molecule has 2 heterocycles. The number of rotatable bonds is 2. The highest BCUT2D eigenvalue weighted by Gasteiger charge is 2.39. The molecule has 1 fully saturated rings. The minimum atomic E-state index is -0.606. The van der Waals surface area contributed by atoms with E-state index >= 15 is 0 Å². The highest BCUT2D eigenvalue weighted by molar-refractivity contribution is 5.88. The van der Waals surface area contributed by atoms with Crippen molar-refractivity contribution in [3.8, 4) is 5.75 Å². The van der Waals surface area contributed by atoms with Gasteiger partial charge in [-0.2, -0.15) is 0 Å². The van der Waals surface area contributed by atoms with E-state index in [9.17, 15) is 9.59 Å². The van der Waals surface area contributed by atoms with Crippen molar-refractivity contribution in [2.24, 2.45) is 0 Å². The van der Waals surface area contributed by atoms with Crippen LogP contribution in [0.4, 0.5) is 5.69 Å². The lowest BCUT2D eigenvalue weighted by Gasteiger charge is -2.31. The Labute approximate surface area is 123 Å². The Morgan fingerprint density at radius 1 is 1.38 bits per heavy atom. The number of hydrogen-bond acceptors (Lipinski definition) is 5. The van der Waals surface area contributed by atoms with Crippen LogP contribution >= 0.6 is 0 Å². The largest absolute Gasteiger partial charge is 0.477 e. The van der Waals surface area contributed by atoms with Gasteiger partial charge in [0.15, 0.2) is 6.10 Å². The summed E-state index contributed by atoms with van der Waals surface area (Å²) in [5.74, 6) is 0.144. The molecule has 0 spiro atoms. The van der Waals surface area contributed by atoms with E-state index < -0.39 is 12.1 Å². The van der Waals surface area contributed by atoms with Gasteiger partial charge in [-0.1, -0.05) is 12.1 Å². The number of esters is 1. The maximum Gasteiger partial charge on any atom is 0.328 e. The van der Waals surface area contributed by atoms with E-state index in [1.54, 1.807) is 4.90 Å². The van der Waals surface area contributed by atoms with Gasteiger partial charge >= 0.3 is 5.97 Å². The number of carbonyl (C=O) groups excluding carboxylic acids is 2. The molecule has 1 N–H and O–H groups in total. The van der Waals surface area contributed by atoms with Crippen LogP contribution < -0.4 is 10.1 Å². The maximum absolute atomic E-state index is 12.6. The van der Waals surface area contributed by atoms with Crippen LogP contribution in [0.15, 0.2) is 24.3 Å². The Morgan fingerprint density at radius 2 is 2.19 bits per heavy atom. The Kier molecular flexibility index (Phi) is 3.68. The van der Waals surface area contributed by atoms with Crippen LogP contribution in [-0.2, 0) is 14.3 Å². The molecule has 2 unspecified atom stereocenters. The SMILES string of the molecule is COC(=O)C1CCCN1C(=O)C1CNc2ccccc2O1. The van der Waals surface area contributed by atoms with Gasteiger partial charge in [0.05, 0.1) is 19.3 Å². The molecule has 21 heavy (non-hydrogen) atoms. The van der Waals surface area contributed by atoms with E-state index in [2.05, 4.69) is 5.32 Å². The summed E-state index contributed by atoms with van der Waals surface area (Å²) < 4.78 is 10.5. The minimum Gasteiger partial charge on any atom is -0.477 e. The van der Waals surface area contributed by atoms with Crippen LogP contribution in [0.1, 0.15) is 12.8 Å². The summed E-state index contributed by atoms with van der Waals surface area (Å²) in [5.41, 5.74) is 0.882. The topological polar surface area (TPSA) is 67.9 Å². The van der Waals surface area contributed by atoms with E-state index in [0.717, 1.165) is 12.1 Å². The number of carbonyl (C=O) groups is 2. The Bertz CT molecular complexity index is 560. The first-order chi connectivity index (χ1) is 10.2. The second-order valence-electron chi connectivity index (χ2n) is 5.20. The molecule has 6 nitrogen and oxygen atoms in total. The summed E-state index contributed by atoms with van der Waals surface area (Å²) in [4.78, 5) is 25.9. The van der Waals surface area contributed by atoms with Gasteiger partial charge in [0, 0.05) is 6.54 Å². The second-order valence-corrected chi connectivity index (χ2v) is 5.20. The van der Waals surface area contributed by atoms with Gasteiger partial charge in [-0.05, 0) is 25.0 Å². The van der Waals surface area contributed by atoms with E-state index in [1.165, 1.54) is 7.11 Å². The molecule has 1 saturated heterocycles. The Morgan fingerprint density at radius 3 is 3.00 bits per heavy atom. The molecule has 0 saturated carbocycles. The standard InChI is InChI=1S/C15H18N2O4/c1-20-15(19)11-6-4-8-17(11)14(18)13-9-16-10-5-2-3-7-12(10)21-13/h2-3,5,7,11,13,16H,4,6,8-9H2,1H3. The Hall–Kier alpha value is -2.24. The molecule has 112 valence electrons. The van der Waals surface area contributed by atoms with Crippen LogP contribution in [0, 0.1) is 0 Å². The lowest BCUT2D eigenvalue weighted by atomic mass is 10.2. The molecule has 0 bridgehead atoms. The van der Waals surface area contributed by atoms with Crippen molar-refractivity contribution in [3.05, 3.63) is 24.3 Å². The molecule has 3 rings (SSSR count). The van der Waals surface area contributed by atoms with Crippen LogP contribution in [-0.4, -0.2) is 49.1 Å². The molecule has 0 aliphatic carbocycles. The molecule has 2 aliphatic rings. The van der Waals surface area contributed by atoms with Crippen molar-refractivity contribution in [2.45, 2.75) is 25.0 Å². The third-order valence-corrected chi connectivity index (χ3v) is 3.92. The summed E-state index contributed by atoms with van der Waals surface area (Å²) in [5, 5.41) is 3.19. The number of fused-ring (bicyclic) bond motifs is 1. The lowest BCUT2D eigenvalue weighted by Crippen LogP contribution is -2.50. The van der Waals surface area contributed by atoms with Gasteiger partial charge in [0.25, 0.3) is 5.91 Å². The van der Waals surface area contributed by atoms with Gasteiger partial charge in [-0.25, -0.2) is 4.79 Å². The van der Waals surface area contributed by atoms with Crippen LogP contribution in [0.5, 0.6) is 5.75 Å². The molecule has 1 aromatic carbocycles. The maximum atomic E-state index is 12.6. The zero-order chi connectivity index (χ0) is 14.8. The van der Waals surface area contributed by atoms with Gasteiger partial charge in [0.2, 0.25) is 0 Å². The molecule has 1 amide bonds. The molecule has 0 aromatic heterocycles. The highest BCUT2D eigenvalue weighted by Crippen LogP contribution is 2.29. The van der Waals surface area contributed by atoms with E-state index in [1.807, 2.05) is 24.3 Å². The summed E-state index contributed by atoms with van der Waals surface area (Å²) in [6, 6.07) is 7.02. The van der Waals surface area contributed by atoms with Crippen LogP contribution in [0.2, 0.25) is 0 Å². The third kappa shape index (κ3) is 2.53. The number of ether oxygens (including phenoxy) is 2. The first kappa shape index (κ1) is 13.7. The fourth-order valence-electron chi connectivity index (χ4n) is 2.85. The monoisotopic (exact) mass is 290 g/mol. The minimum absolute atomic E-state index is 0.162. The Balaban J connectivity index is 1.73. The highest BCUT2D eigenvalue weighted by atomic mass is 16.5. The van der Waals surface area contributed by atoms with Crippen molar-refractivity contribution in [2.75, 3.05) is 25.5 Å². The van der Waals surface area contributed by atoms with Gasteiger partial charge < -0.3 is 19.7 Å². The molecule has 6 heteroatoms. The van der Waals surface area contributed by atoms with Crippen molar-refractivity contribution in [1.82, 2.24) is 4.90 Å². The van der Waals surface area contributed by atoms with Crippen molar-refractivity contribution in [1.29, 1.82) is 0 Å². The number of amides is 1. The van der Waals surface area contributed by atoms with Gasteiger partial charge in [-0.15, -0.1) is 0 Å². The summed E-state index contributed by atoms with van der Waals surface area (Å²) in [6.07, 6.45) is 0.849. The van der Waals surface area contributed by atoms with Crippen molar-refractivity contribution < 1.29 is 19.1 Å². The van der Waals surface area contributed by atoms with E-state index in [0.29, 0.717) is 25.3 Å². The van der Waals surface area contributed by atoms with E-state index in [4.69, 9.17) is 9.47 Å². The number of nitrogens with one attached hydrogen (secondary N) is 1. The van der Waals surface area contributed by atoms with Crippen molar-refractivity contribution >= 4 is 17.6 Å². The zero-order valence-electron chi connectivity index (χ0n) is 11.9.